The molecule has 3 rings (SSSR count). The summed E-state index contributed by atoms with van der Waals surface area (Å²) in [6, 6.07) is 6.47. The Labute approximate surface area is 165 Å². The van der Waals surface area contributed by atoms with Crippen molar-refractivity contribution in [3.05, 3.63) is 35.7 Å². The number of hydrogen-bond acceptors (Lipinski definition) is 5. The second kappa shape index (κ2) is 7.84. The standard InChI is InChI=1S/C19H25N3O5S/c1-13-18(28(24,25)22-9-5-6-10-22)12-15(21(13)2)19(23)20-14-7-8-16(26-3)17(11-14)27-4/h7-8,11-12H,5-6,9-10H2,1-4H3,(H,20,23). The SMILES string of the molecule is COc1ccc(NC(=O)c2cc(S(=O)(=O)N3CCCC3)c(C)n2C)cc1OC. The Morgan fingerprint density at radius 1 is 1.07 bits per heavy atom. The average Bonchev–Trinajstić information content (AvgIpc) is 3.32. The van der Waals surface area contributed by atoms with E-state index in [1.165, 1.54) is 24.6 Å². The van der Waals surface area contributed by atoms with Crippen LogP contribution in [0.3, 0.4) is 0 Å². The topological polar surface area (TPSA) is 89.9 Å². The van der Waals surface area contributed by atoms with Crippen LogP contribution in [-0.4, -0.2) is 50.5 Å². The molecule has 2 heterocycles. The van der Waals surface area contributed by atoms with Crippen molar-refractivity contribution >= 4 is 21.6 Å². The first kappa shape index (κ1) is 20.2. The van der Waals surface area contributed by atoms with Gasteiger partial charge < -0.3 is 19.4 Å². The number of ether oxygens (including phenoxy) is 2. The molecule has 28 heavy (non-hydrogen) atoms. The van der Waals surface area contributed by atoms with Gasteiger partial charge in [-0.2, -0.15) is 4.31 Å². The summed E-state index contributed by atoms with van der Waals surface area (Å²) in [5, 5.41) is 2.78. The highest BCUT2D eigenvalue weighted by Gasteiger charge is 2.31. The summed E-state index contributed by atoms with van der Waals surface area (Å²) >= 11 is 0. The van der Waals surface area contributed by atoms with Crippen LogP contribution in [0.4, 0.5) is 5.69 Å². The van der Waals surface area contributed by atoms with Crippen molar-refractivity contribution in [2.24, 2.45) is 7.05 Å². The molecule has 0 bridgehead atoms. The number of nitrogens with one attached hydrogen (secondary N) is 1. The molecule has 9 heteroatoms. The normalized spacial score (nSPS) is 14.9. The Bertz CT molecular complexity index is 991. The van der Waals surface area contributed by atoms with Crippen molar-refractivity contribution in [1.29, 1.82) is 0 Å². The number of amides is 1. The second-order valence-corrected chi connectivity index (χ2v) is 8.58. The van der Waals surface area contributed by atoms with E-state index >= 15 is 0 Å². The van der Waals surface area contributed by atoms with Crippen molar-refractivity contribution in [1.82, 2.24) is 8.87 Å². The Hall–Kier alpha value is -2.52. The number of nitrogens with zero attached hydrogens (tertiary/aromatic N) is 2. The van der Waals surface area contributed by atoms with Crippen LogP contribution in [-0.2, 0) is 17.1 Å². The van der Waals surface area contributed by atoms with Gasteiger partial charge in [0.2, 0.25) is 10.0 Å². The number of carbonyl (C=O) groups is 1. The number of aromatic nitrogens is 1. The third kappa shape index (κ3) is 3.59. The van der Waals surface area contributed by atoms with E-state index in [0.717, 1.165) is 12.8 Å². The maximum Gasteiger partial charge on any atom is 0.272 e. The zero-order valence-electron chi connectivity index (χ0n) is 16.5. The summed E-state index contributed by atoms with van der Waals surface area (Å²) in [5.41, 5.74) is 1.32. The van der Waals surface area contributed by atoms with Gasteiger partial charge in [0.1, 0.15) is 10.6 Å². The first-order chi connectivity index (χ1) is 13.3. The fraction of sp³-hybridized carbons (Fsp3) is 0.421. The Morgan fingerprint density at radius 3 is 2.32 bits per heavy atom. The molecule has 0 spiro atoms. The first-order valence-electron chi connectivity index (χ1n) is 8.99. The summed E-state index contributed by atoms with van der Waals surface area (Å²) in [7, 11) is 1.13. The minimum atomic E-state index is -3.60. The van der Waals surface area contributed by atoms with Crippen molar-refractivity contribution < 1.29 is 22.7 Å². The minimum absolute atomic E-state index is 0.175. The summed E-state index contributed by atoms with van der Waals surface area (Å²) in [5.74, 6) is 0.635. The van der Waals surface area contributed by atoms with E-state index in [9.17, 15) is 13.2 Å². The van der Waals surface area contributed by atoms with Crippen LogP contribution in [0, 0.1) is 6.92 Å². The molecule has 1 N–H and O–H groups in total. The highest BCUT2D eigenvalue weighted by Crippen LogP contribution is 2.30. The number of anilines is 1. The Morgan fingerprint density at radius 2 is 1.71 bits per heavy atom. The lowest BCUT2D eigenvalue weighted by molar-refractivity contribution is 0.101. The van der Waals surface area contributed by atoms with E-state index in [4.69, 9.17) is 9.47 Å². The van der Waals surface area contributed by atoms with Gasteiger partial charge in [0.25, 0.3) is 5.91 Å². The van der Waals surface area contributed by atoms with Gasteiger partial charge in [-0.15, -0.1) is 0 Å². The number of benzene rings is 1. The first-order valence-corrected chi connectivity index (χ1v) is 10.4. The number of sulfonamides is 1. The third-order valence-electron chi connectivity index (χ3n) is 5.05. The maximum absolute atomic E-state index is 12.9. The average molecular weight is 407 g/mol. The lowest BCUT2D eigenvalue weighted by Gasteiger charge is -2.15. The maximum atomic E-state index is 12.9. The van der Waals surface area contributed by atoms with Crippen LogP contribution >= 0.6 is 0 Å². The molecule has 1 saturated heterocycles. The zero-order chi connectivity index (χ0) is 20.5. The third-order valence-corrected chi connectivity index (χ3v) is 7.06. The van der Waals surface area contributed by atoms with Gasteiger partial charge in [0, 0.05) is 37.6 Å². The van der Waals surface area contributed by atoms with Crippen LogP contribution < -0.4 is 14.8 Å². The smallest absolute Gasteiger partial charge is 0.272 e. The van der Waals surface area contributed by atoms with Crippen molar-refractivity contribution in [2.75, 3.05) is 32.6 Å². The zero-order valence-corrected chi connectivity index (χ0v) is 17.3. The van der Waals surface area contributed by atoms with E-state index in [-0.39, 0.29) is 10.6 Å². The molecule has 8 nitrogen and oxygen atoms in total. The molecule has 0 unspecified atom stereocenters. The minimum Gasteiger partial charge on any atom is -0.493 e. The highest BCUT2D eigenvalue weighted by atomic mass is 32.2. The van der Waals surface area contributed by atoms with Crippen LogP contribution in [0.25, 0.3) is 0 Å². The molecular formula is C19H25N3O5S. The van der Waals surface area contributed by atoms with Gasteiger partial charge in [-0.3, -0.25) is 4.79 Å². The molecule has 1 aromatic heterocycles. The fourth-order valence-electron chi connectivity index (χ4n) is 3.33. The highest BCUT2D eigenvalue weighted by molar-refractivity contribution is 7.89. The van der Waals surface area contributed by atoms with Gasteiger partial charge in [0.15, 0.2) is 11.5 Å². The van der Waals surface area contributed by atoms with E-state index in [2.05, 4.69) is 5.32 Å². The molecule has 0 saturated carbocycles. The molecule has 1 aromatic carbocycles. The summed E-state index contributed by atoms with van der Waals surface area (Å²) in [6.07, 6.45) is 1.72. The molecule has 0 atom stereocenters. The van der Waals surface area contributed by atoms with Gasteiger partial charge in [-0.25, -0.2) is 8.42 Å². The summed E-state index contributed by atoms with van der Waals surface area (Å²) in [4.78, 5) is 13.0. The van der Waals surface area contributed by atoms with Crippen molar-refractivity contribution in [3.63, 3.8) is 0 Å². The van der Waals surface area contributed by atoms with Crippen molar-refractivity contribution in [2.45, 2.75) is 24.7 Å². The predicted octanol–water partition coefficient (Wildman–Crippen LogP) is 2.39. The lowest BCUT2D eigenvalue weighted by atomic mass is 10.2. The van der Waals surface area contributed by atoms with Crippen molar-refractivity contribution in [3.8, 4) is 11.5 Å². The molecule has 1 aliphatic heterocycles. The molecular weight excluding hydrogens is 382 g/mol. The van der Waals surface area contributed by atoms with Crippen LogP contribution in [0.15, 0.2) is 29.2 Å². The predicted molar refractivity (Wildman–Crippen MR) is 106 cm³/mol. The van der Waals surface area contributed by atoms with Crippen LogP contribution in [0.2, 0.25) is 0 Å². The number of rotatable bonds is 6. The molecule has 1 aliphatic rings. The quantitative estimate of drug-likeness (QED) is 0.794. The molecule has 152 valence electrons. The lowest BCUT2D eigenvalue weighted by Crippen LogP contribution is -2.28. The second-order valence-electron chi connectivity index (χ2n) is 6.67. The van der Waals surface area contributed by atoms with E-state index in [1.54, 1.807) is 36.7 Å². The molecule has 2 aromatic rings. The monoisotopic (exact) mass is 407 g/mol. The van der Waals surface area contributed by atoms with Gasteiger partial charge in [-0.1, -0.05) is 0 Å². The molecule has 1 fully saturated rings. The molecule has 1 amide bonds. The number of hydrogen-bond donors (Lipinski definition) is 1. The van der Waals surface area contributed by atoms with E-state index in [1.807, 2.05) is 0 Å². The Balaban J connectivity index is 1.89. The van der Waals surface area contributed by atoms with Crippen LogP contribution in [0.1, 0.15) is 29.0 Å². The summed E-state index contributed by atoms with van der Waals surface area (Å²) < 4.78 is 39.3. The van der Waals surface area contributed by atoms with E-state index < -0.39 is 15.9 Å². The van der Waals surface area contributed by atoms with Gasteiger partial charge >= 0.3 is 0 Å². The van der Waals surface area contributed by atoms with Gasteiger partial charge in [-0.05, 0) is 38.0 Å². The van der Waals surface area contributed by atoms with E-state index in [0.29, 0.717) is 36.0 Å². The largest absolute Gasteiger partial charge is 0.493 e. The van der Waals surface area contributed by atoms with Gasteiger partial charge in [0.05, 0.1) is 14.2 Å². The van der Waals surface area contributed by atoms with Crippen LogP contribution in [0.5, 0.6) is 11.5 Å². The number of carbonyl (C=O) groups excluding carboxylic acids is 1. The summed E-state index contributed by atoms with van der Waals surface area (Å²) in [6.45, 7) is 2.74. The fourth-order valence-corrected chi connectivity index (χ4v) is 5.11. The Kier molecular flexibility index (Phi) is 5.66. The number of methoxy groups -OCH3 is 2. The molecule has 0 radical (unpaired) electrons. The molecule has 0 aliphatic carbocycles.